The minimum atomic E-state index is -3.35. The fourth-order valence-electron chi connectivity index (χ4n) is 4.45. The average Bonchev–Trinajstić information content (AvgIpc) is 2.80. The number of hydrogen-bond donors (Lipinski definition) is 1. The summed E-state index contributed by atoms with van der Waals surface area (Å²) in [6, 6.07) is 19.9. The molecule has 4 rings (SSSR count). The molecule has 38 heavy (non-hydrogen) atoms. The van der Waals surface area contributed by atoms with Crippen molar-refractivity contribution >= 4 is 26.5 Å². The van der Waals surface area contributed by atoms with Crippen molar-refractivity contribution in [2.24, 2.45) is 0 Å². The first-order valence-corrected chi connectivity index (χ1v) is 14.4. The topological polar surface area (TPSA) is 77.5 Å². The van der Waals surface area contributed by atoms with Gasteiger partial charge in [-0.3, -0.25) is 4.72 Å². The van der Waals surface area contributed by atoms with Gasteiger partial charge in [-0.1, -0.05) is 39.0 Å². The Kier molecular flexibility index (Phi) is 7.19. The number of ether oxygens (including phenoxy) is 2. The van der Waals surface area contributed by atoms with Crippen molar-refractivity contribution in [3.05, 3.63) is 72.4 Å². The summed E-state index contributed by atoms with van der Waals surface area (Å²) in [4.78, 5) is 4.55. The van der Waals surface area contributed by atoms with Gasteiger partial charge in [0.05, 0.1) is 13.4 Å². The normalized spacial score (nSPS) is 12.4. The summed E-state index contributed by atoms with van der Waals surface area (Å²) in [6.45, 7) is 12.5. The van der Waals surface area contributed by atoms with Gasteiger partial charge in [0, 0.05) is 28.6 Å². The molecule has 0 fully saturated rings. The highest BCUT2D eigenvalue weighted by Crippen LogP contribution is 2.44. The largest absolute Gasteiger partial charge is 0.496 e. The van der Waals surface area contributed by atoms with Gasteiger partial charge in [-0.25, -0.2) is 13.4 Å². The van der Waals surface area contributed by atoms with Crippen LogP contribution in [0.2, 0.25) is 0 Å². The van der Waals surface area contributed by atoms with E-state index < -0.39 is 15.6 Å². The molecule has 0 aliphatic carbocycles. The lowest BCUT2D eigenvalue weighted by Gasteiger charge is -2.27. The highest BCUT2D eigenvalue weighted by molar-refractivity contribution is 7.92. The Morgan fingerprint density at radius 3 is 2.13 bits per heavy atom. The van der Waals surface area contributed by atoms with E-state index >= 15 is 0 Å². The number of pyridine rings is 1. The molecule has 0 radical (unpaired) electrons. The van der Waals surface area contributed by atoms with Crippen LogP contribution in [0.4, 0.5) is 5.69 Å². The lowest BCUT2D eigenvalue weighted by Crippen LogP contribution is -2.24. The summed E-state index contributed by atoms with van der Waals surface area (Å²) in [7, 11) is -1.65. The van der Waals surface area contributed by atoms with E-state index in [1.54, 1.807) is 19.4 Å². The number of nitrogens with zero attached hydrogens (tertiary/aromatic N) is 1. The van der Waals surface area contributed by atoms with Crippen LogP contribution < -0.4 is 14.2 Å². The van der Waals surface area contributed by atoms with Crippen LogP contribution in [0.15, 0.2) is 66.9 Å². The van der Waals surface area contributed by atoms with Gasteiger partial charge in [0.25, 0.3) is 0 Å². The molecule has 0 spiro atoms. The number of sulfonamides is 1. The van der Waals surface area contributed by atoms with E-state index in [0.29, 0.717) is 11.6 Å². The van der Waals surface area contributed by atoms with E-state index in [0.717, 1.165) is 50.6 Å². The molecule has 0 unspecified atom stereocenters. The molecule has 0 aliphatic rings. The smallest absolute Gasteiger partial charge is 0.229 e. The summed E-state index contributed by atoms with van der Waals surface area (Å²) < 4.78 is 38.1. The predicted molar refractivity (Wildman–Crippen MR) is 157 cm³/mol. The average molecular weight is 533 g/mol. The zero-order valence-electron chi connectivity index (χ0n) is 23.3. The van der Waals surface area contributed by atoms with E-state index in [9.17, 15) is 8.42 Å². The van der Waals surface area contributed by atoms with Crippen molar-refractivity contribution in [3.63, 3.8) is 0 Å². The molecule has 0 saturated heterocycles. The lowest BCUT2D eigenvalue weighted by atomic mass is 9.82. The first-order valence-electron chi connectivity index (χ1n) is 12.5. The second-order valence-electron chi connectivity index (χ2n) is 11.6. The van der Waals surface area contributed by atoms with Crippen LogP contribution in [0, 0.1) is 0 Å². The van der Waals surface area contributed by atoms with Gasteiger partial charge in [-0.05, 0) is 90.6 Å². The molecule has 3 aromatic carbocycles. The summed E-state index contributed by atoms with van der Waals surface area (Å²) >= 11 is 0. The molecule has 0 atom stereocenters. The van der Waals surface area contributed by atoms with Crippen LogP contribution >= 0.6 is 0 Å². The number of fused-ring (bicyclic) bond motifs is 1. The van der Waals surface area contributed by atoms with Gasteiger partial charge in [-0.2, -0.15) is 0 Å². The highest BCUT2D eigenvalue weighted by atomic mass is 32.2. The maximum absolute atomic E-state index is 11.7. The van der Waals surface area contributed by atoms with E-state index in [-0.39, 0.29) is 5.41 Å². The van der Waals surface area contributed by atoms with Crippen molar-refractivity contribution in [2.45, 2.75) is 52.6 Å². The number of rotatable bonds is 6. The van der Waals surface area contributed by atoms with Crippen LogP contribution in [-0.4, -0.2) is 32.4 Å². The molecule has 7 heteroatoms. The van der Waals surface area contributed by atoms with E-state index in [4.69, 9.17) is 9.47 Å². The fourth-order valence-corrected chi connectivity index (χ4v) is 5.00. The highest BCUT2D eigenvalue weighted by Gasteiger charge is 2.25. The summed E-state index contributed by atoms with van der Waals surface area (Å²) in [5.41, 5.74) is 4.88. The van der Waals surface area contributed by atoms with Crippen molar-refractivity contribution in [1.82, 2.24) is 4.98 Å². The van der Waals surface area contributed by atoms with Crippen molar-refractivity contribution in [1.29, 1.82) is 0 Å². The number of benzene rings is 3. The van der Waals surface area contributed by atoms with Crippen LogP contribution in [0.3, 0.4) is 0 Å². The minimum Gasteiger partial charge on any atom is -0.496 e. The third-order valence-electron chi connectivity index (χ3n) is 6.04. The van der Waals surface area contributed by atoms with Gasteiger partial charge < -0.3 is 9.47 Å². The maximum atomic E-state index is 11.7. The van der Waals surface area contributed by atoms with Gasteiger partial charge in [-0.15, -0.1) is 0 Å². The second kappa shape index (κ2) is 9.95. The second-order valence-corrected chi connectivity index (χ2v) is 13.3. The van der Waals surface area contributed by atoms with E-state index in [1.807, 2.05) is 57.2 Å². The maximum Gasteiger partial charge on any atom is 0.229 e. The minimum absolute atomic E-state index is 0.188. The third kappa shape index (κ3) is 6.27. The third-order valence-corrected chi connectivity index (χ3v) is 6.65. The Morgan fingerprint density at radius 2 is 1.50 bits per heavy atom. The fraction of sp³-hybridized carbons (Fsp3) is 0.323. The Hall–Kier alpha value is -3.58. The molecular formula is C31H36N2O4S. The molecule has 4 aromatic rings. The zero-order valence-corrected chi connectivity index (χ0v) is 24.2. The molecule has 1 aromatic heterocycles. The number of methoxy groups -OCH3 is 1. The van der Waals surface area contributed by atoms with Gasteiger partial charge in [0.1, 0.15) is 11.4 Å². The zero-order chi connectivity index (χ0) is 27.9. The van der Waals surface area contributed by atoms with Crippen LogP contribution in [-0.2, 0) is 15.4 Å². The number of anilines is 1. The quantitative estimate of drug-likeness (QED) is 0.279. The first-order chi connectivity index (χ1) is 17.6. The summed E-state index contributed by atoms with van der Waals surface area (Å²) in [5.74, 6) is 1.40. The Morgan fingerprint density at radius 1 is 0.816 bits per heavy atom. The molecule has 0 aliphatic heterocycles. The summed E-state index contributed by atoms with van der Waals surface area (Å²) in [5, 5.41) is 1.92. The molecule has 6 nitrogen and oxygen atoms in total. The molecule has 200 valence electrons. The molecule has 0 saturated carbocycles. The standard InChI is InChI=1S/C31H36N2O4S/c1-30(2,3)27-19-23(25-10-9-15-32-29(25)37-31(4,5)6)18-26(28(27)36-7)22-12-11-21-17-24(33-38(8,34)35)14-13-20(21)16-22/h9-19,33H,1-8H3. The van der Waals surface area contributed by atoms with Gasteiger partial charge >= 0.3 is 0 Å². The monoisotopic (exact) mass is 532 g/mol. The van der Waals surface area contributed by atoms with Crippen LogP contribution in [0.1, 0.15) is 47.1 Å². The van der Waals surface area contributed by atoms with E-state index in [1.165, 1.54) is 0 Å². The lowest BCUT2D eigenvalue weighted by molar-refractivity contribution is 0.125. The van der Waals surface area contributed by atoms with Crippen LogP contribution in [0.5, 0.6) is 11.6 Å². The Labute approximate surface area is 226 Å². The number of nitrogens with one attached hydrogen (secondary N) is 1. The number of aromatic nitrogens is 1. The summed E-state index contributed by atoms with van der Waals surface area (Å²) in [6.07, 6.45) is 2.89. The molecule has 0 amide bonds. The number of hydrogen-bond acceptors (Lipinski definition) is 5. The van der Waals surface area contributed by atoms with Gasteiger partial charge in [0.2, 0.25) is 15.9 Å². The molecule has 0 bridgehead atoms. The molecule has 1 N–H and O–H groups in total. The molecular weight excluding hydrogens is 496 g/mol. The Balaban J connectivity index is 1.92. The van der Waals surface area contributed by atoms with Gasteiger partial charge in [0.15, 0.2) is 0 Å². The Bertz CT molecular complexity index is 1600. The predicted octanol–water partition coefficient (Wildman–Crippen LogP) is 7.42. The molecule has 1 heterocycles. The van der Waals surface area contributed by atoms with Crippen molar-refractivity contribution < 1.29 is 17.9 Å². The van der Waals surface area contributed by atoms with Crippen LogP contribution in [0.25, 0.3) is 33.0 Å². The van der Waals surface area contributed by atoms with E-state index in [2.05, 4.69) is 48.7 Å². The first kappa shape index (κ1) is 27.5. The van der Waals surface area contributed by atoms with Crippen molar-refractivity contribution in [3.8, 4) is 33.9 Å². The SMILES string of the molecule is COc1c(-c2ccc3cc(NS(C)(=O)=O)ccc3c2)cc(-c2cccnc2OC(C)(C)C)cc1C(C)(C)C. The van der Waals surface area contributed by atoms with Crippen molar-refractivity contribution in [2.75, 3.05) is 18.1 Å².